The monoisotopic (exact) mass is 380 g/mol. The molecule has 0 spiro atoms. The van der Waals surface area contributed by atoms with Crippen molar-refractivity contribution >= 4 is 17.3 Å². The topological polar surface area (TPSA) is 89.9 Å². The molecule has 2 aromatic rings. The van der Waals surface area contributed by atoms with Gasteiger partial charge in [-0.1, -0.05) is 30.7 Å². The van der Waals surface area contributed by atoms with Crippen molar-refractivity contribution in [3.05, 3.63) is 52.6 Å². The van der Waals surface area contributed by atoms with Gasteiger partial charge in [0.2, 0.25) is 0 Å². The molecule has 146 valence electrons. The molecule has 6 nitrogen and oxygen atoms in total. The molecule has 2 aliphatic rings. The summed E-state index contributed by atoms with van der Waals surface area (Å²) in [7, 11) is 0. The predicted molar refractivity (Wildman–Crippen MR) is 106 cm³/mol. The summed E-state index contributed by atoms with van der Waals surface area (Å²) in [6, 6.07) is 7.79. The fraction of sp³-hybridized carbons (Fsp3) is 0.364. The highest BCUT2D eigenvalue weighted by molar-refractivity contribution is 6.30. The van der Waals surface area contributed by atoms with Gasteiger partial charge in [-0.25, -0.2) is 0 Å². The third-order valence-electron chi connectivity index (χ3n) is 5.56. The predicted octanol–water partition coefficient (Wildman–Crippen LogP) is 3.16. The van der Waals surface area contributed by atoms with Crippen LogP contribution in [0.15, 0.2) is 30.3 Å². The molecule has 1 saturated heterocycles. The smallest absolute Gasteiger partial charge is 0.198 e. The first-order valence-electron chi connectivity index (χ1n) is 9.81. The van der Waals surface area contributed by atoms with E-state index in [9.17, 15) is 19.8 Å². The van der Waals surface area contributed by atoms with Gasteiger partial charge in [0.05, 0.1) is 16.8 Å². The Hall–Kier alpha value is -2.86. The van der Waals surface area contributed by atoms with E-state index in [1.165, 1.54) is 25.3 Å². The zero-order chi connectivity index (χ0) is 19.7. The number of piperidine rings is 1. The number of nitrogens with zero attached hydrogens (tertiary/aromatic N) is 1. The summed E-state index contributed by atoms with van der Waals surface area (Å²) < 4.78 is 0. The lowest BCUT2D eigenvalue weighted by molar-refractivity contribution is 0.0974. The molecule has 4 rings (SSSR count). The van der Waals surface area contributed by atoms with Gasteiger partial charge in [-0.15, -0.1) is 0 Å². The van der Waals surface area contributed by atoms with Crippen LogP contribution in [0.3, 0.4) is 0 Å². The van der Waals surface area contributed by atoms with Gasteiger partial charge >= 0.3 is 0 Å². The van der Waals surface area contributed by atoms with Crippen LogP contribution in [0.2, 0.25) is 0 Å². The average Bonchev–Trinajstić information content (AvgIpc) is 2.72. The molecule has 1 aliphatic carbocycles. The highest BCUT2D eigenvalue weighted by atomic mass is 16.3. The van der Waals surface area contributed by atoms with Crippen LogP contribution in [0.5, 0.6) is 11.5 Å². The maximum atomic E-state index is 12.9. The number of aromatic hydroxyl groups is 2. The van der Waals surface area contributed by atoms with E-state index in [1.807, 2.05) is 0 Å². The molecule has 0 atom stereocenters. The second-order valence-electron chi connectivity index (χ2n) is 7.43. The molecule has 0 saturated carbocycles. The first kappa shape index (κ1) is 18.5. The van der Waals surface area contributed by atoms with Crippen LogP contribution in [0, 0.1) is 0 Å². The largest absolute Gasteiger partial charge is 0.507 e. The molecule has 28 heavy (non-hydrogen) atoms. The second kappa shape index (κ2) is 7.64. The summed E-state index contributed by atoms with van der Waals surface area (Å²) in [5.74, 6) is -1.47. The Kier molecular flexibility index (Phi) is 5.05. The number of hydrogen-bond donors (Lipinski definition) is 3. The maximum Gasteiger partial charge on any atom is 0.198 e. The number of anilines is 1. The van der Waals surface area contributed by atoms with E-state index < -0.39 is 11.6 Å². The van der Waals surface area contributed by atoms with Crippen molar-refractivity contribution in [1.82, 2.24) is 4.90 Å². The third-order valence-corrected chi connectivity index (χ3v) is 5.56. The van der Waals surface area contributed by atoms with Crippen molar-refractivity contribution in [1.29, 1.82) is 0 Å². The minimum atomic E-state index is -0.449. The van der Waals surface area contributed by atoms with Crippen molar-refractivity contribution in [2.45, 2.75) is 25.7 Å². The Balaban J connectivity index is 1.54. The van der Waals surface area contributed by atoms with Crippen molar-refractivity contribution in [3.8, 4) is 11.5 Å². The highest BCUT2D eigenvalue weighted by Crippen LogP contribution is 2.42. The van der Waals surface area contributed by atoms with E-state index in [0.717, 1.165) is 26.1 Å². The van der Waals surface area contributed by atoms with Gasteiger partial charge in [-0.3, -0.25) is 9.59 Å². The Bertz CT molecular complexity index is 932. The van der Waals surface area contributed by atoms with Gasteiger partial charge in [0.25, 0.3) is 0 Å². The number of nitrogens with one attached hydrogen (secondary N) is 1. The van der Waals surface area contributed by atoms with Crippen LogP contribution in [-0.2, 0) is 0 Å². The van der Waals surface area contributed by atoms with E-state index in [1.54, 1.807) is 24.3 Å². The van der Waals surface area contributed by atoms with Crippen LogP contribution < -0.4 is 5.32 Å². The number of rotatable bonds is 5. The summed E-state index contributed by atoms with van der Waals surface area (Å²) in [5, 5.41) is 24.2. The fourth-order valence-electron chi connectivity index (χ4n) is 4.10. The maximum absolute atomic E-state index is 12.9. The van der Waals surface area contributed by atoms with Crippen LogP contribution >= 0.6 is 0 Å². The molecule has 1 aliphatic heterocycles. The molecular formula is C22H24N2O4. The molecule has 0 bridgehead atoms. The lowest BCUT2D eigenvalue weighted by Crippen LogP contribution is -2.31. The molecule has 0 unspecified atom stereocenters. The number of carbonyl (C=O) groups excluding carboxylic acids is 2. The molecule has 6 heteroatoms. The SMILES string of the molecule is O=C1c2ccccc2C(=O)c2c(O)c(NCCCN3CCCCC3)cc(O)c21. The summed E-state index contributed by atoms with van der Waals surface area (Å²) >= 11 is 0. The van der Waals surface area contributed by atoms with Gasteiger partial charge < -0.3 is 20.4 Å². The number of fused-ring (bicyclic) bond motifs is 2. The summed E-state index contributed by atoms with van der Waals surface area (Å²) in [5.41, 5.74) is 0.520. The lowest BCUT2D eigenvalue weighted by Gasteiger charge is -2.26. The molecule has 0 amide bonds. The molecule has 1 fully saturated rings. The van der Waals surface area contributed by atoms with Crippen LogP contribution in [-0.4, -0.2) is 52.9 Å². The normalized spacial score (nSPS) is 16.6. The van der Waals surface area contributed by atoms with Gasteiger partial charge in [0.1, 0.15) is 5.75 Å². The van der Waals surface area contributed by atoms with Gasteiger partial charge in [0, 0.05) is 23.7 Å². The summed E-state index contributed by atoms with van der Waals surface area (Å²) in [6.45, 7) is 3.82. The summed E-state index contributed by atoms with van der Waals surface area (Å²) in [6.07, 6.45) is 4.66. The van der Waals surface area contributed by atoms with Gasteiger partial charge in [-0.05, 0) is 38.9 Å². The number of phenols is 2. The standard InChI is InChI=1S/C22H24N2O4/c25-17-13-16(23-9-6-12-24-10-4-1-5-11-24)22(28)19-18(17)20(26)14-7-2-3-8-15(14)21(19)27/h2-3,7-8,13,23,25,28H,1,4-6,9-12H2. The quantitative estimate of drug-likeness (QED) is 0.358. The number of phenolic OH excluding ortho intramolecular Hbond substituents is 2. The lowest BCUT2D eigenvalue weighted by atomic mass is 9.82. The molecule has 1 heterocycles. The summed E-state index contributed by atoms with van der Waals surface area (Å²) in [4.78, 5) is 28.0. The highest BCUT2D eigenvalue weighted by Gasteiger charge is 2.35. The number of ketones is 2. The second-order valence-corrected chi connectivity index (χ2v) is 7.43. The van der Waals surface area contributed by atoms with Gasteiger partial charge in [0.15, 0.2) is 17.3 Å². The van der Waals surface area contributed by atoms with Crippen LogP contribution in [0.1, 0.15) is 57.5 Å². The minimum absolute atomic E-state index is 0.123. The zero-order valence-corrected chi connectivity index (χ0v) is 15.7. The fourth-order valence-corrected chi connectivity index (χ4v) is 4.10. The van der Waals surface area contributed by atoms with Crippen molar-refractivity contribution in [2.75, 3.05) is 31.5 Å². The molecule has 3 N–H and O–H groups in total. The van der Waals surface area contributed by atoms with Crippen molar-refractivity contribution in [2.24, 2.45) is 0 Å². The number of hydrogen-bond acceptors (Lipinski definition) is 6. The van der Waals surface area contributed by atoms with Crippen molar-refractivity contribution in [3.63, 3.8) is 0 Å². The van der Waals surface area contributed by atoms with Crippen molar-refractivity contribution < 1.29 is 19.8 Å². The van der Waals surface area contributed by atoms with E-state index in [4.69, 9.17) is 0 Å². The molecule has 0 radical (unpaired) electrons. The Morgan fingerprint density at radius 3 is 2.25 bits per heavy atom. The molecular weight excluding hydrogens is 356 g/mol. The van der Waals surface area contributed by atoms with Gasteiger partial charge in [-0.2, -0.15) is 0 Å². The number of carbonyl (C=O) groups is 2. The number of benzene rings is 2. The minimum Gasteiger partial charge on any atom is -0.507 e. The first-order chi connectivity index (χ1) is 13.6. The molecule has 2 aromatic carbocycles. The molecule has 0 aromatic heterocycles. The van der Waals surface area contributed by atoms with Crippen LogP contribution in [0.4, 0.5) is 5.69 Å². The van der Waals surface area contributed by atoms with E-state index in [-0.39, 0.29) is 39.4 Å². The number of likely N-dealkylation sites (tertiary alicyclic amines) is 1. The average molecular weight is 380 g/mol. The Morgan fingerprint density at radius 2 is 1.57 bits per heavy atom. The van der Waals surface area contributed by atoms with E-state index in [2.05, 4.69) is 10.2 Å². The third kappa shape index (κ3) is 3.24. The zero-order valence-electron chi connectivity index (χ0n) is 15.7. The van der Waals surface area contributed by atoms with E-state index >= 15 is 0 Å². The first-order valence-corrected chi connectivity index (χ1v) is 9.81. The Labute approximate surface area is 163 Å². The Morgan fingerprint density at radius 1 is 0.929 bits per heavy atom. The van der Waals surface area contributed by atoms with E-state index in [0.29, 0.717) is 6.54 Å². The van der Waals surface area contributed by atoms with Crippen LogP contribution in [0.25, 0.3) is 0 Å².